The van der Waals surface area contributed by atoms with Crippen molar-refractivity contribution in [2.24, 2.45) is 0 Å². The second-order valence-corrected chi connectivity index (χ2v) is 7.10. The third-order valence-corrected chi connectivity index (χ3v) is 4.88. The summed E-state index contributed by atoms with van der Waals surface area (Å²) in [5.74, 6) is 1.47. The molecule has 0 saturated heterocycles. The number of nitrogens with zero attached hydrogens (tertiary/aromatic N) is 1. The number of aromatic nitrogens is 1. The fourth-order valence-corrected chi connectivity index (χ4v) is 3.35. The van der Waals surface area contributed by atoms with Crippen molar-refractivity contribution in [1.29, 1.82) is 0 Å². The lowest BCUT2D eigenvalue weighted by atomic mass is 10.1. The van der Waals surface area contributed by atoms with Crippen LogP contribution >= 0.6 is 0 Å². The molecule has 0 bridgehead atoms. The maximum Gasteiger partial charge on any atom is 0.263 e. The minimum absolute atomic E-state index is 0.151. The Balaban J connectivity index is 1.83. The summed E-state index contributed by atoms with van der Waals surface area (Å²) in [4.78, 5) is 0.151. The van der Waals surface area contributed by atoms with Crippen LogP contribution in [0.2, 0.25) is 0 Å². The molecule has 1 aromatic heterocycles. The lowest BCUT2D eigenvalue weighted by Gasteiger charge is -2.08. The summed E-state index contributed by atoms with van der Waals surface area (Å²) in [7, 11) is -3.71. The van der Waals surface area contributed by atoms with Crippen molar-refractivity contribution in [1.82, 2.24) is 5.16 Å². The second-order valence-electron chi connectivity index (χ2n) is 5.41. The standard InChI is InChI=1S/C18H18N2O4S/c1-3-23-16-6-4-5-15(12-16)14-7-9-17(10-8-14)25(21,22)20-18-11-13(2)24-19-18/h4-12H,3H2,1-2H3,(H,19,20). The first kappa shape index (κ1) is 17.0. The number of aryl methyl sites for hydroxylation is 1. The minimum atomic E-state index is -3.71. The van der Waals surface area contributed by atoms with Crippen LogP contribution in [0.4, 0.5) is 5.82 Å². The predicted octanol–water partition coefficient (Wildman–Crippen LogP) is 3.85. The van der Waals surface area contributed by atoms with E-state index in [2.05, 4.69) is 9.88 Å². The molecule has 0 aliphatic heterocycles. The molecule has 2 aromatic carbocycles. The quantitative estimate of drug-likeness (QED) is 0.724. The maximum absolute atomic E-state index is 12.4. The first-order chi connectivity index (χ1) is 12.0. The summed E-state index contributed by atoms with van der Waals surface area (Å²) in [5, 5.41) is 3.64. The fourth-order valence-electron chi connectivity index (χ4n) is 2.37. The van der Waals surface area contributed by atoms with Crippen molar-refractivity contribution >= 4 is 15.8 Å². The number of nitrogens with one attached hydrogen (secondary N) is 1. The molecule has 0 saturated carbocycles. The van der Waals surface area contributed by atoms with E-state index >= 15 is 0 Å². The van der Waals surface area contributed by atoms with Crippen LogP contribution in [0.1, 0.15) is 12.7 Å². The van der Waals surface area contributed by atoms with Gasteiger partial charge in [-0.25, -0.2) is 8.42 Å². The Kier molecular flexibility index (Phi) is 4.76. The van der Waals surface area contributed by atoms with Crippen molar-refractivity contribution in [3.8, 4) is 16.9 Å². The molecule has 0 amide bonds. The maximum atomic E-state index is 12.4. The molecule has 0 aliphatic carbocycles. The van der Waals surface area contributed by atoms with Crippen molar-refractivity contribution in [2.75, 3.05) is 11.3 Å². The minimum Gasteiger partial charge on any atom is -0.494 e. The van der Waals surface area contributed by atoms with Crippen molar-refractivity contribution in [2.45, 2.75) is 18.7 Å². The van der Waals surface area contributed by atoms with Crippen LogP contribution < -0.4 is 9.46 Å². The van der Waals surface area contributed by atoms with E-state index in [-0.39, 0.29) is 10.7 Å². The van der Waals surface area contributed by atoms with Gasteiger partial charge in [0.15, 0.2) is 5.82 Å². The zero-order valence-corrected chi connectivity index (χ0v) is 14.7. The zero-order chi connectivity index (χ0) is 17.9. The average Bonchev–Trinajstić information content (AvgIpc) is 3.00. The molecule has 3 aromatic rings. The van der Waals surface area contributed by atoms with Gasteiger partial charge in [-0.1, -0.05) is 29.4 Å². The topological polar surface area (TPSA) is 81.4 Å². The summed E-state index contributed by atoms with van der Waals surface area (Å²) in [5.41, 5.74) is 1.85. The molecule has 0 unspecified atom stereocenters. The van der Waals surface area contributed by atoms with Gasteiger partial charge in [-0.05, 0) is 49.2 Å². The fraction of sp³-hybridized carbons (Fsp3) is 0.167. The highest BCUT2D eigenvalue weighted by Crippen LogP contribution is 2.25. The molecular weight excluding hydrogens is 340 g/mol. The van der Waals surface area contributed by atoms with E-state index in [9.17, 15) is 8.42 Å². The van der Waals surface area contributed by atoms with E-state index in [1.54, 1.807) is 31.2 Å². The summed E-state index contributed by atoms with van der Waals surface area (Å²) in [6, 6.07) is 15.8. The van der Waals surface area contributed by atoms with Crippen LogP contribution in [0.25, 0.3) is 11.1 Å². The molecule has 0 atom stereocenters. The van der Waals surface area contributed by atoms with Gasteiger partial charge in [0.1, 0.15) is 11.5 Å². The number of hydrogen-bond donors (Lipinski definition) is 1. The van der Waals surface area contributed by atoms with Gasteiger partial charge in [-0.15, -0.1) is 0 Å². The number of sulfonamides is 1. The molecule has 7 heteroatoms. The molecular formula is C18H18N2O4S. The van der Waals surface area contributed by atoms with E-state index in [1.165, 1.54) is 6.07 Å². The highest BCUT2D eigenvalue weighted by atomic mass is 32.2. The molecule has 0 aliphatic rings. The van der Waals surface area contributed by atoms with Crippen LogP contribution in [-0.4, -0.2) is 20.2 Å². The zero-order valence-electron chi connectivity index (χ0n) is 13.9. The normalized spacial score (nSPS) is 11.3. The molecule has 25 heavy (non-hydrogen) atoms. The lowest BCUT2D eigenvalue weighted by Crippen LogP contribution is -2.13. The van der Waals surface area contributed by atoms with E-state index in [0.717, 1.165) is 16.9 Å². The smallest absolute Gasteiger partial charge is 0.263 e. The van der Waals surface area contributed by atoms with Gasteiger partial charge >= 0.3 is 0 Å². The van der Waals surface area contributed by atoms with E-state index in [1.807, 2.05) is 31.2 Å². The summed E-state index contributed by atoms with van der Waals surface area (Å²) in [6.45, 7) is 4.21. The molecule has 1 N–H and O–H groups in total. The highest BCUT2D eigenvalue weighted by molar-refractivity contribution is 7.92. The number of ether oxygens (including phenoxy) is 1. The number of hydrogen-bond acceptors (Lipinski definition) is 5. The number of anilines is 1. The highest BCUT2D eigenvalue weighted by Gasteiger charge is 2.16. The van der Waals surface area contributed by atoms with Crippen molar-refractivity contribution < 1.29 is 17.7 Å². The van der Waals surface area contributed by atoms with Gasteiger partial charge in [0.25, 0.3) is 10.0 Å². The molecule has 1 heterocycles. The first-order valence-electron chi connectivity index (χ1n) is 7.77. The molecule has 6 nitrogen and oxygen atoms in total. The average molecular weight is 358 g/mol. The van der Waals surface area contributed by atoms with Gasteiger partial charge < -0.3 is 9.26 Å². The molecule has 0 fully saturated rings. The molecule has 3 rings (SSSR count). The second kappa shape index (κ2) is 6.98. The Labute approximate surface area is 146 Å². The Morgan fingerprint density at radius 3 is 2.48 bits per heavy atom. The Morgan fingerprint density at radius 1 is 1.08 bits per heavy atom. The van der Waals surface area contributed by atoms with Gasteiger partial charge in [-0.3, -0.25) is 4.72 Å². The van der Waals surface area contributed by atoms with Crippen LogP contribution in [0.3, 0.4) is 0 Å². The summed E-state index contributed by atoms with van der Waals surface area (Å²) < 4.78 is 37.5. The predicted molar refractivity (Wildman–Crippen MR) is 95.1 cm³/mol. The largest absolute Gasteiger partial charge is 0.494 e. The Morgan fingerprint density at radius 2 is 1.84 bits per heavy atom. The first-order valence-corrected chi connectivity index (χ1v) is 9.26. The lowest BCUT2D eigenvalue weighted by molar-refractivity contribution is 0.340. The number of benzene rings is 2. The van der Waals surface area contributed by atoms with E-state index in [0.29, 0.717) is 12.4 Å². The molecule has 0 radical (unpaired) electrons. The van der Waals surface area contributed by atoms with Gasteiger partial charge in [0.2, 0.25) is 0 Å². The van der Waals surface area contributed by atoms with E-state index < -0.39 is 10.0 Å². The van der Waals surface area contributed by atoms with Gasteiger partial charge in [0, 0.05) is 6.07 Å². The van der Waals surface area contributed by atoms with Crippen LogP contribution in [-0.2, 0) is 10.0 Å². The van der Waals surface area contributed by atoms with Crippen LogP contribution in [0.5, 0.6) is 5.75 Å². The molecule has 0 spiro atoms. The van der Waals surface area contributed by atoms with Gasteiger partial charge in [-0.2, -0.15) is 0 Å². The van der Waals surface area contributed by atoms with Crippen LogP contribution in [0, 0.1) is 6.92 Å². The monoisotopic (exact) mass is 358 g/mol. The third-order valence-electron chi connectivity index (χ3n) is 3.51. The van der Waals surface area contributed by atoms with E-state index in [4.69, 9.17) is 9.26 Å². The SMILES string of the molecule is CCOc1cccc(-c2ccc(S(=O)(=O)Nc3cc(C)on3)cc2)c1. The summed E-state index contributed by atoms with van der Waals surface area (Å²) in [6.07, 6.45) is 0. The molecule has 130 valence electrons. The van der Waals surface area contributed by atoms with Crippen molar-refractivity contribution in [3.63, 3.8) is 0 Å². The van der Waals surface area contributed by atoms with Gasteiger partial charge in [0.05, 0.1) is 11.5 Å². The third kappa shape index (κ3) is 4.00. The van der Waals surface area contributed by atoms with Crippen LogP contribution in [0.15, 0.2) is 64.0 Å². The Hall–Kier alpha value is -2.80. The Bertz CT molecular complexity index is 963. The van der Waals surface area contributed by atoms with Crippen molar-refractivity contribution in [3.05, 3.63) is 60.4 Å². The number of rotatable bonds is 6. The summed E-state index contributed by atoms with van der Waals surface area (Å²) >= 11 is 0.